The monoisotopic (exact) mass is 388 g/mol. The van der Waals surface area contributed by atoms with Crippen LogP contribution in [-0.4, -0.2) is 33.5 Å². The highest BCUT2D eigenvalue weighted by Gasteiger charge is 2.11. The number of para-hydroxylation sites is 1. The van der Waals surface area contributed by atoms with Crippen molar-refractivity contribution in [3.63, 3.8) is 0 Å². The molecule has 26 heavy (non-hydrogen) atoms. The summed E-state index contributed by atoms with van der Waals surface area (Å²) in [5.74, 6) is 0.886. The van der Waals surface area contributed by atoms with E-state index in [1.807, 2.05) is 42.5 Å². The van der Waals surface area contributed by atoms with Gasteiger partial charge in [0, 0.05) is 17.1 Å². The van der Waals surface area contributed by atoms with Gasteiger partial charge < -0.3 is 10.1 Å². The molecule has 0 unspecified atom stereocenters. The Bertz CT molecular complexity index is 900. The minimum absolute atomic E-state index is 0.0958. The Hall–Kier alpha value is -2.51. The summed E-state index contributed by atoms with van der Waals surface area (Å²) < 4.78 is 7.08. The second-order valence-electron chi connectivity index (χ2n) is 5.34. The van der Waals surface area contributed by atoms with Gasteiger partial charge in [0.25, 0.3) is 0 Å². The van der Waals surface area contributed by atoms with Crippen molar-refractivity contribution in [3.8, 4) is 11.4 Å². The van der Waals surface area contributed by atoms with Gasteiger partial charge in [0.05, 0.1) is 18.6 Å². The third-order valence-corrected chi connectivity index (χ3v) is 4.78. The van der Waals surface area contributed by atoms with Gasteiger partial charge in [0.15, 0.2) is 5.16 Å². The number of thioether (sulfide) groups is 1. The predicted octanol–water partition coefficient (Wildman–Crippen LogP) is 3.34. The van der Waals surface area contributed by atoms with Crippen LogP contribution in [0.25, 0.3) is 5.69 Å². The zero-order chi connectivity index (χ0) is 18.4. The highest BCUT2D eigenvalue weighted by molar-refractivity contribution is 7.99. The minimum Gasteiger partial charge on any atom is -0.496 e. The van der Waals surface area contributed by atoms with Crippen molar-refractivity contribution in [3.05, 3.63) is 65.4 Å². The molecule has 0 aliphatic rings. The molecule has 0 fully saturated rings. The molecule has 0 radical (unpaired) electrons. The lowest BCUT2D eigenvalue weighted by atomic mass is 10.2. The van der Waals surface area contributed by atoms with Crippen molar-refractivity contribution in [2.24, 2.45) is 0 Å². The fraction of sp³-hybridized carbons (Fsp3) is 0.167. The first kappa shape index (κ1) is 18.3. The second-order valence-corrected chi connectivity index (χ2v) is 6.72. The normalized spacial score (nSPS) is 10.5. The SMILES string of the molecule is COc1ccccc1CNC(=O)CSc1nncn1-c1cccc(Cl)c1. The van der Waals surface area contributed by atoms with E-state index in [0.717, 1.165) is 17.0 Å². The molecule has 2 aromatic carbocycles. The number of amides is 1. The van der Waals surface area contributed by atoms with Gasteiger partial charge in [-0.15, -0.1) is 10.2 Å². The van der Waals surface area contributed by atoms with Crippen LogP contribution in [-0.2, 0) is 11.3 Å². The Morgan fingerprint density at radius 2 is 2.12 bits per heavy atom. The molecule has 3 aromatic rings. The summed E-state index contributed by atoms with van der Waals surface area (Å²) in [5, 5.41) is 12.1. The van der Waals surface area contributed by atoms with Crippen LogP contribution in [0, 0.1) is 0 Å². The molecule has 134 valence electrons. The maximum absolute atomic E-state index is 12.2. The van der Waals surface area contributed by atoms with Gasteiger partial charge in [0.1, 0.15) is 12.1 Å². The topological polar surface area (TPSA) is 69.0 Å². The van der Waals surface area contributed by atoms with Crippen LogP contribution in [0.2, 0.25) is 5.02 Å². The summed E-state index contributed by atoms with van der Waals surface area (Å²) >= 11 is 7.34. The molecule has 1 heterocycles. The second kappa shape index (κ2) is 8.73. The summed E-state index contributed by atoms with van der Waals surface area (Å²) in [6.07, 6.45) is 1.60. The number of halogens is 1. The highest BCUT2D eigenvalue weighted by atomic mass is 35.5. The van der Waals surface area contributed by atoms with E-state index in [9.17, 15) is 4.79 Å². The largest absolute Gasteiger partial charge is 0.496 e. The summed E-state index contributed by atoms with van der Waals surface area (Å²) in [4.78, 5) is 12.2. The average molecular weight is 389 g/mol. The standard InChI is InChI=1S/C18H17ClN4O2S/c1-25-16-8-3-2-5-13(16)10-20-17(24)11-26-18-22-21-12-23(18)15-7-4-6-14(19)9-15/h2-9,12H,10-11H2,1H3,(H,20,24). The number of carbonyl (C=O) groups is 1. The number of hydrogen-bond donors (Lipinski definition) is 1. The highest BCUT2D eigenvalue weighted by Crippen LogP contribution is 2.22. The molecular formula is C18H17ClN4O2S. The van der Waals surface area contributed by atoms with Gasteiger partial charge in [0.2, 0.25) is 5.91 Å². The fourth-order valence-corrected chi connectivity index (χ4v) is 3.29. The Labute approximate surface area is 160 Å². The summed E-state index contributed by atoms with van der Waals surface area (Å²) in [5.41, 5.74) is 1.77. The average Bonchev–Trinajstić information content (AvgIpc) is 3.13. The summed E-state index contributed by atoms with van der Waals surface area (Å²) in [6, 6.07) is 15.0. The van der Waals surface area contributed by atoms with Crippen molar-refractivity contribution < 1.29 is 9.53 Å². The molecule has 6 nitrogen and oxygen atoms in total. The van der Waals surface area contributed by atoms with Crippen LogP contribution < -0.4 is 10.1 Å². The number of nitrogens with one attached hydrogen (secondary N) is 1. The number of ether oxygens (including phenoxy) is 1. The number of aromatic nitrogens is 3. The first-order valence-corrected chi connectivity index (χ1v) is 9.21. The molecule has 0 saturated heterocycles. The van der Waals surface area contributed by atoms with Crippen molar-refractivity contribution in [1.29, 1.82) is 0 Å². The van der Waals surface area contributed by atoms with Crippen LogP contribution >= 0.6 is 23.4 Å². The maximum Gasteiger partial charge on any atom is 0.230 e. The summed E-state index contributed by atoms with van der Waals surface area (Å²) in [7, 11) is 1.61. The molecule has 0 atom stereocenters. The van der Waals surface area contributed by atoms with Gasteiger partial charge in [-0.25, -0.2) is 0 Å². The molecule has 0 saturated carbocycles. The van der Waals surface area contributed by atoms with E-state index in [-0.39, 0.29) is 11.7 Å². The lowest BCUT2D eigenvalue weighted by Crippen LogP contribution is -2.25. The predicted molar refractivity (Wildman–Crippen MR) is 102 cm³/mol. The van der Waals surface area contributed by atoms with E-state index in [0.29, 0.717) is 16.7 Å². The van der Waals surface area contributed by atoms with Gasteiger partial charge in [-0.2, -0.15) is 0 Å². The third-order valence-electron chi connectivity index (χ3n) is 3.60. The van der Waals surface area contributed by atoms with Crippen molar-refractivity contribution in [2.75, 3.05) is 12.9 Å². The number of benzene rings is 2. The molecule has 3 rings (SSSR count). The lowest BCUT2D eigenvalue weighted by Gasteiger charge is -2.10. The lowest BCUT2D eigenvalue weighted by molar-refractivity contribution is -0.118. The van der Waals surface area contributed by atoms with Crippen molar-refractivity contribution in [1.82, 2.24) is 20.1 Å². The van der Waals surface area contributed by atoms with Crippen LogP contribution in [0.4, 0.5) is 0 Å². The zero-order valence-corrected chi connectivity index (χ0v) is 15.6. The Balaban J connectivity index is 1.58. The van der Waals surface area contributed by atoms with E-state index in [4.69, 9.17) is 16.3 Å². The number of hydrogen-bond acceptors (Lipinski definition) is 5. The smallest absolute Gasteiger partial charge is 0.230 e. The Kier molecular flexibility index (Phi) is 6.14. The molecule has 0 spiro atoms. The van der Waals surface area contributed by atoms with Crippen LogP contribution in [0.1, 0.15) is 5.56 Å². The van der Waals surface area contributed by atoms with E-state index < -0.39 is 0 Å². The minimum atomic E-state index is -0.0958. The first-order valence-electron chi connectivity index (χ1n) is 7.84. The summed E-state index contributed by atoms with van der Waals surface area (Å²) in [6.45, 7) is 0.407. The molecular weight excluding hydrogens is 372 g/mol. The molecule has 1 aromatic heterocycles. The third kappa shape index (κ3) is 4.56. The number of nitrogens with zero attached hydrogens (tertiary/aromatic N) is 3. The van der Waals surface area contributed by atoms with Gasteiger partial charge in [-0.05, 0) is 24.3 Å². The molecule has 0 aliphatic heterocycles. The molecule has 1 N–H and O–H groups in total. The molecule has 0 bridgehead atoms. The van der Waals surface area contributed by atoms with Crippen molar-refractivity contribution >= 4 is 29.3 Å². The fourth-order valence-electron chi connectivity index (χ4n) is 2.35. The number of rotatable bonds is 7. The van der Waals surface area contributed by atoms with E-state index in [1.54, 1.807) is 24.1 Å². The first-order chi connectivity index (χ1) is 12.7. The van der Waals surface area contributed by atoms with Crippen LogP contribution in [0.15, 0.2) is 60.0 Å². The van der Waals surface area contributed by atoms with Gasteiger partial charge in [-0.3, -0.25) is 9.36 Å². The van der Waals surface area contributed by atoms with Crippen molar-refractivity contribution in [2.45, 2.75) is 11.7 Å². The van der Waals surface area contributed by atoms with Crippen LogP contribution in [0.5, 0.6) is 5.75 Å². The molecule has 8 heteroatoms. The zero-order valence-electron chi connectivity index (χ0n) is 14.1. The Morgan fingerprint density at radius 1 is 1.27 bits per heavy atom. The molecule has 1 amide bonds. The van der Waals surface area contributed by atoms with E-state index >= 15 is 0 Å². The van der Waals surface area contributed by atoms with E-state index in [2.05, 4.69) is 15.5 Å². The van der Waals surface area contributed by atoms with E-state index in [1.165, 1.54) is 11.8 Å². The number of carbonyl (C=O) groups excluding carboxylic acids is 1. The van der Waals surface area contributed by atoms with Gasteiger partial charge in [-0.1, -0.05) is 47.6 Å². The van der Waals surface area contributed by atoms with Gasteiger partial charge >= 0.3 is 0 Å². The quantitative estimate of drug-likeness (QED) is 0.629. The maximum atomic E-state index is 12.2. The number of methoxy groups -OCH3 is 1. The molecule has 0 aliphatic carbocycles. The Morgan fingerprint density at radius 3 is 2.92 bits per heavy atom. The van der Waals surface area contributed by atoms with Crippen LogP contribution in [0.3, 0.4) is 0 Å².